The minimum Gasteiger partial charge on any atom is -0.497 e. The number of amides is 2. The first-order chi connectivity index (χ1) is 18.8. The van der Waals surface area contributed by atoms with E-state index < -0.39 is 0 Å². The highest BCUT2D eigenvalue weighted by molar-refractivity contribution is 7.08. The Morgan fingerprint density at radius 3 is 2.51 bits per heavy atom. The van der Waals surface area contributed by atoms with E-state index in [-0.39, 0.29) is 11.8 Å². The second-order valence-corrected chi connectivity index (χ2v) is 11.0. The van der Waals surface area contributed by atoms with Gasteiger partial charge in [0, 0.05) is 38.8 Å². The number of methoxy groups -OCH3 is 1. The molecule has 39 heavy (non-hydrogen) atoms. The second-order valence-electron chi connectivity index (χ2n) is 10.3. The number of hydrogen-bond acceptors (Lipinski definition) is 7. The van der Waals surface area contributed by atoms with Gasteiger partial charge in [-0.05, 0) is 74.0 Å². The molecular weight excluding hydrogens is 510 g/mol. The van der Waals surface area contributed by atoms with Crippen molar-refractivity contribution in [1.29, 1.82) is 0 Å². The number of hydrogen-bond donors (Lipinski definition) is 0. The summed E-state index contributed by atoms with van der Waals surface area (Å²) in [6.45, 7) is 11.6. The van der Waals surface area contributed by atoms with Crippen molar-refractivity contribution in [2.24, 2.45) is 0 Å². The Labute approximate surface area is 235 Å². The Bertz CT molecular complexity index is 1270. The van der Waals surface area contributed by atoms with E-state index in [0.29, 0.717) is 43.4 Å². The van der Waals surface area contributed by atoms with E-state index in [1.807, 2.05) is 66.1 Å². The first-order valence-electron chi connectivity index (χ1n) is 13.7. The van der Waals surface area contributed by atoms with Crippen LogP contribution in [0.15, 0.2) is 42.5 Å². The Morgan fingerprint density at radius 2 is 1.82 bits per heavy atom. The van der Waals surface area contributed by atoms with Crippen LogP contribution in [0.4, 0.5) is 5.69 Å². The predicted octanol–water partition coefficient (Wildman–Crippen LogP) is 4.75. The molecule has 2 aromatic carbocycles. The number of anilines is 1. The monoisotopic (exact) mass is 549 g/mol. The van der Waals surface area contributed by atoms with Crippen LogP contribution in [0, 0.1) is 6.92 Å². The van der Waals surface area contributed by atoms with Crippen molar-refractivity contribution >= 4 is 29.0 Å². The molecule has 0 bridgehead atoms. The van der Waals surface area contributed by atoms with E-state index in [0.717, 1.165) is 64.9 Å². The lowest BCUT2D eigenvalue weighted by Crippen LogP contribution is -2.41. The van der Waals surface area contributed by atoms with Gasteiger partial charge in [-0.25, -0.2) is 0 Å². The molecule has 9 heteroatoms. The van der Waals surface area contributed by atoms with Crippen LogP contribution in [0.25, 0.3) is 0 Å². The van der Waals surface area contributed by atoms with Gasteiger partial charge in [0.25, 0.3) is 5.91 Å². The molecule has 2 heterocycles. The lowest BCUT2D eigenvalue weighted by atomic mass is 10.0. The van der Waals surface area contributed by atoms with Crippen molar-refractivity contribution in [3.8, 4) is 5.75 Å². The second kappa shape index (κ2) is 13.2. The number of ether oxygens (including phenoxy) is 1. The third kappa shape index (κ3) is 6.83. The van der Waals surface area contributed by atoms with Crippen LogP contribution in [0.1, 0.15) is 59.2 Å². The van der Waals surface area contributed by atoms with E-state index in [2.05, 4.69) is 28.3 Å². The summed E-state index contributed by atoms with van der Waals surface area (Å²) in [4.78, 5) is 34.5. The molecule has 1 aromatic heterocycles. The van der Waals surface area contributed by atoms with Crippen LogP contribution in [0.2, 0.25) is 0 Å². The summed E-state index contributed by atoms with van der Waals surface area (Å²) in [5.41, 5.74) is 4.58. The molecule has 4 rings (SSSR count). The molecule has 0 atom stereocenters. The number of para-hydroxylation sites is 1. The van der Waals surface area contributed by atoms with Gasteiger partial charge in [0.15, 0.2) is 0 Å². The largest absolute Gasteiger partial charge is 0.497 e. The fourth-order valence-electron chi connectivity index (χ4n) is 5.12. The number of aryl methyl sites for hydroxylation is 2. The van der Waals surface area contributed by atoms with E-state index >= 15 is 0 Å². The van der Waals surface area contributed by atoms with Crippen LogP contribution >= 0.6 is 11.5 Å². The number of nitrogens with zero attached hydrogens (tertiary/aromatic N) is 5. The fourth-order valence-corrected chi connectivity index (χ4v) is 5.84. The van der Waals surface area contributed by atoms with Crippen molar-refractivity contribution < 1.29 is 14.3 Å². The van der Waals surface area contributed by atoms with Crippen LogP contribution in [-0.2, 0) is 24.2 Å². The number of benzene rings is 2. The molecule has 0 unspecified atom stereocenters. The predicted molar refractivity (Wildman–Crippen MR) is 156 cm³/mol. The summed E-state index contributed by atoms with van der Waals surface area (Å²) >= 11 is 1.16. The fraction of sp³-hybridized carbons (Fsp3) is 0.467. The van der Waals surface area contributed by atoms with E-state index in [1.165, 1.54) is 0 Å². The van der Waals surface area contributed by atoms with E-state index in [1.54, 1.807) is 7.11 Å². The first kappa shape index (κ1) is 28.7. The zero-order valence-electron chi connectivity index (χ0n) is 23.6. The average Bonchev–Trinajstić information content (AvgIpc) is 3.40. The summed E-state index contributed by atoms with van der Waals surface area (Å²) in [5.74, 6) is 0.765. The van der Waals surface area contributed by atoms with Crippen LogP contribution in [0.3, 0.4) is 0 Å². The van der Waals surface area contributed by atoms with Crippen molar-refractivity contribution in [2.75, 3.05) is 38.2 Å². The smallest absolute Gasteiger partial charge is 0.267 e. The Kier molecular flexibility index (Phi) is 9.69. The molecule has 8 nitrogen and oxygen atoms in total. The molecule has 0 saturated carbocycles. The number of carbonyl (C=O) groups excluding carboxylic acids is 2. The Balaban J connectivity index is 1.71. The van der Waals surface area contributed by atoms with Crippen LogP contribution < -0.4 is 9.64 Å². The Morgan fingerprint density at radius 1 is 1.05 bits per heavy atom. The van der Waals surface area contributed by atoms with Crippen molar-refractivity contribution in [2.45, 2.75) is 59.5 Å². The SMILES string of the molecule is CCc1nnsc1C(=O)N1CCN(C(C)C)CCCN(C(=O)Cc2ccc(OC)cc2)c2c(C)cccc2C1. The topological polar surface area (TPSA) is 78.9 Å². The van der Waals surface area contributed by atoms with Gasteiger partial charge in [0.05, 0.1) is 24.9 Å². The Hall–Kier alpha value is -3.30. The number of aromatic nitrogens is 2. The summed E-state index contributed by atoms with van der Waals surface area (Å²) in [7, 11) is 1.64. The maximum absolute atomic E-state index is 13.9. The summed E-state index contributed by atoms with van der Waals surface area (Å²) in [6, 6.07) is 14.1. The zero-order valence-corrected chi connectivity index (χ0v) is 24.5. The molecule has 2 amide bonds. The highest BCUT2D eigenvalue weighted by Crippen LogP contribution is 2.29. The molecular formula is C30H39N5O3S. The van der Waals surface area contributed by atoms with Crippen molar-refractivity contribution in [1.82, 2.24) is 19.4 Å². The molecule has 1 aliphatic heterocycles. The molecule has 0 N–H and O–H groups in total. The van der Waals surface area contributed by atoms with E-state index in [4.69, 9.17) is 4.74 Å². The molecule has 0 spiro atoms. The van der Waals surface area contributed by atoms with Gasteiger partial charge in [0.1, 0.15) is 10.6 Å². The van der Waals surface area contributed by atoms with Gasteiger partial charge >= 0.3 is 0 Å². The van der Waals surface area contributed by atoms with Gasteiger partial charge in [0.2, 0.25) is 5.91 Å². The number of carbonyl (C=O) groups is 2. The maximum Gasteiger partial charge on any atom is 0.267 e. The zero-order chi connectivity index (χ0) is 27.9. The van der Waals surface area contributed by atoms with Crippen LogP contribution in [-0.4, -0.2) is 70.5 Å². The number of rotatable bonds is 6. The lowest BCUT2D eigenvalue weighted by molar-refractivity contribution is -0.118. The highest BCUT2D eigenvalue weighted by Gasteiger charge is 2.28. The molecule has 0 aliphatic carbocycles. The van der Waals surface area contributed by atoms with Gasteiger partial charge < -0.3 is 14.5 Å². The molecule has 0 saturated heterocycles. The molecule has 1 aliphatic rings. The summed E-state index contributed by atoms with van der Waals surface area (Å²) in [6.07, 6.45) is 1.79. The third-order valence-electron chi connectivity index (χ3n) is 7.35. The lowest BCUT2D eigenvalue weighted by Gasteiger charge is -2.30. The molecule has 208 valence electrons. The standard InChI is InChI=1S/C30H39N5O3S/c1-6-26-29(39-32-31-26)30(37)34-18-17-33(21(2)3)15-8-16-35(28-22(4)9-7-10-24(28)20-34)27(36)19-23-11-13-25(38-5)14-12-23/h7,9-14,21H,6,8,15-20H2,1-5H3. The maximum atomic E-state index is 13.9. The first-order valence-corrected chi connectivity index (χ1v) is 14.5. The van der Waals surface area contributed by atoms with Crippen LogP contribution in [0.5, 0.6) is 5.75 Å². The minimum atomic E-state index is -0.0478. The van der Waals surface area contributed by atoms with Gasteiger partial charge in [-0.15, -0.1) is 5.10 Å². The van der Waals surface area contributed by atoms with Gasteiger partial charge in [-0.3, -0.25) is 14.5 Å². The van der Waals surface area contributed by atoms with Gasteiger partial charge in [-0.1, -0.05) is 41.7 Å². The van der Waals surface area contributed by atoms with E-state index in [9.17, 15) is 9.59 Å². The average molecular weight is 550 g/mol. The van der Waals surface area contributed by atoms with Crippen molar-refractivity contribution in [3.63, 3.8) is 0 Å². The highest BCUT2D eigenvalue weighted by atomic mass is 32.1. The molecule has 3 aromatic rings. The third-order valence-corrected chi connectivity index (χ3v) is 8.11. The summed E-state index contributed by atoms with van der Waals surface area (Å²) in [5, 5.41) is 4.18. The van der Waals surface area contributed by atoms with Crippen molar-refractivity contribution in [3.05, 3.63) is 69.7 Å². The normalized spacial score (nSPS) is 15.1. The number of fused-ring (bicyclic) bond motifs is 1. The minimum absolute atomic E-state index is 0.0452. The summed E-state index contributed by atoms with van der Waals surface area (Å²) < 4.78 is 9.34. The molecule has 0 radical (unpaired) electrons. The van der Waals surface area contributed by atoms with Gasteiger partial charge in [-0.2, -0.15) is 0 Å². The molecule has 0 fully saturated rings. The quantitative estimate of drug-likeness (QED) is 0.442.